The second-order valence-electron chi connectivity index (χ2n) is 3.98. The van der Waals surface area contributed by atoms with Crippen molar-refractivity contribution >= 4 is 39.7 Å². The van der Waals surface area contributed by atoms with Gasteiger partial charge in [0, 0.05) is 15.4 Å². The highest BCUT2D eigenvalue weighted by Crippen LogP contribution is 2.37. The molecule has 0 radical (unpaired) electrons. The van der Waals surface area contributed by atoms with Crippen LogP contribution < -0.4 is 5.73 Å². The van der Waals surface area contributed by atoms with E-state index in [2.05, 4.69) is 42.1 Å². The number of nitrogens with two attached hydrogens (primary N) is 1. The number of thiophene rings is 1. The van der Waals surface area contributed by atoms with Gasteiger partial charge in [-0.3, -0.25) is 0 Å². The molecule has 0 aliphatic carbocycles. The first-order valence-electron chi connectivity index (χ1n) is 3.91. The third-order valence-corrected chi connectivity index (χ3v) is 3.81. The highest BCUT2D eigenvalue weighted by molar-refractivity contribution is 9.10. The van der Waals surface area contributed by atoms with Crippen LogP contribution in [0.5, 0.6) is 0 Å². The fourth-order valence-electron chi connectivity index (χ4n) is 0.921. The molecule has 0 saturated heterocycles. The lowest BCUT2D eigenvalue weighted by molar-refractivity contribution is 0.330. The molecule has 0 saturated carbocycles. The quantitative estimate of drug-likeness (QED) is 0.829. The first-order valence-corrected chi connectivity index (χ1v) is 5.58. The standard InChI is InChI=1S/C9H14BrNS.ClH/c1-9(2,3)8(11)7-6(10)4-5-12-7;/h4-5,8H,11H2,1-3H3;1H/t8-;/m1./s1. The predicted molar refractivity (Wildman–Crippen MR) is 65.7 cm³/mol. The Kier molecular flexibility index (Phi) is 4.94. The average molecular weight is 285 g/mol. The van der Waals surface area contributed by atoms with E-state index in [4.69, 9.17) is 5.73 Å². The summed E-state index contributed by atoms with van der Waals surface area (Å²) in [5.41, 5.74) is 6.23. The molecule has 0 bridgehead atoms. The Morgan fingerprint density at radius 3 is 2.31 bits per heavy atom. The van der Waals surface area contributed by atoms with E-state index >= 15 is 0 Å². The Morgan fingerprint density at radius 2 is 2.00 bits per heavy atom. The van der Waals surface area contributed by atoms with Gasteiger partial charge in [-0.25, -0.2) is 0 Å². The molecule has 1 aromatic heterocycles. The SMILES string of the molecule is CC(C)(C)[C@H](N)c1sccc1Br.Cl. The van der Waals surface area contributed by atoms with E-state index in [-0.39, 0.29) is 23.9 Å². The third-order valence-electron chi connectivity index (χ3n) is 1.86. The van der Waals surface area contributed by atoms with Crippen LogP contribution in [0.1, 0.15) is 31.7 Å². The Labute approximate surface area is 98.3 Å². The van der Waals surface area contributed by atoms with Gasteiger partial charge in [0.1, 0.15) is 0 Å². The summed E-state index contributed by atoms with van der Waals surface area (Å²) in [5.74, 6) is 0. The van der Waals surface area contributed by atoms with Gasteiger partial charge in [-0.05, 0) is 32.8 Å². The van der Waals surface area contributed by atoms with Crippen molar-refractivity contribution in [3.8, 4) is 0 Å². The van der Waals surface area contributed by atoms with Crippen LogP contribution in [0.15, 0.2) is 15.9 Å². The molecule has 4 heteroatoms. The molecule has 0 spiro atoms. The van der Waals surface area contributed by atoms with E-state index in [1.54, 1.807) is 11.3 Å². The van der Waals surface area contributed by atoms with E-state index in [1.807, 2.05) is 6.07 Å². The maximum Gasteiger partial charge on any atom is 0.0450 e. The van der Waals surface area contributed by atoms with E-state index < -0.39 is 0 Å². The zero-order valence-electron chi connectivity index (χ0n) is 8.00. The largest absolute Gasteiger partial charge is 0.323 e. The minimum absolute atomic E-state index is 0. The summed E-state index contributed by atoms with van der Waals surface area (Å²) < 4.78 is 1.13. The topological polar surface area (TPSA) is 26.0 Å². The van der Waals surface area contributed by atoms with Crippen molar-refractivity contribution in [2.24, 2.45) is 11.1 Å². The monoisotopic (exact) mass is 283 g/mol. The molecule has 2 N–H and O–H groups in total. The number of halogens is 2. The van der Waals surface area contributed by atoms with Crippen LogP contribution in [0, 0.1) is 5.41 Å². The van der Waals surface area contributed by atoms with Crippen molar-refractivity contribution in [3.63, 3.8) is 0 Å². The van der Waals surface area contributed by atoms with Gasteiger partial charge in [0.15, 0.2) is 0 Å². The van der Waals surface area contributed by atoms with Gasteiger partial charge >= 0.3 is 0 Å². The summed E-state index contributed by atoms with van der Waals surface area (Å²) in [7, 11) is 0. The van der Waals surface area contributed by atoms with Gasteiger partial charge in [0.25, 0.3) is 0 Å². The average Bonchev–Trinajstić information content (AvgIpc) is 2.31. The maximum absolute atomic E-state index is 6.10. The molecule has 1 aromatic rings. The first-order chi connectivity index (χ1) is 5.43. The zero-order chi connectivity index (χ0) is 9.35. The second-order valence-corrected chi connectivity index (χ2v) is 5.78. The molecular weight excluding hydrogens is 270 g/mol. The maximum atomic E-state index is 6.10. The molecule has 1 rings (SSSR count). The van der Waals surface area contributed by atoms with E-state index in [9.17, 15) is 0 Å². The van der Waals surface area contributed by atoms with Crippen LogP contribution in [0.4, 0.5) is 0 Å². The van der Waals surface area contributed by atoms with Crippen molar-refractivity contribution < 1.29 is 0 Å². The van der Waals surface area contributed by atoms with Crippen molar-refractivity contribution in [2.75, 3.05) is 0 Å². The van der Waals surface area contributed by atoms with Gasteiger partial charge in [0.05, 0.1) is 0 Å². The lowest BCUT2D eigenvalue weighted by Crippen LogP contribution is -2.25. The molecule has 0 aliphatic rings. The summed E-state index contributed by atoms with van der Waals surface area (Å²) >= 11 is 5.20. The molecule has 1 nitrogen and oxygen atoms in total. The fourth-order valence-corrected chi connectivity index (χ4v) is 2.79. The normalized spacial score (nSPS) is 13.6. The van der Waals surface area contributed by atoms with Gasteiger partial charge in [-0.15, -0.1) is 23.7 Å². The van der Waals surface area contributed by atoms with Crippen LogP contribution in [0.25, 0.3) is 0 Å². The Hall–Kier alpha value is 0.430. The summed E-state index contributed by atoms with van der Waals surface area (Å²) in [6.07, 6.45) is 0. The minimum atomic E-state index is 0. The Balaban J connectivity index is 0.00000144. The van der Waals surface area contributed by atoms with E-state index in [1.165, 1.54) is 4.88 Å². The zero-order valence-corrected chi connectivity index (χ0v) is 11.2. The first kappa shape index (κ1) is 13.4. The summed E-state index contributed by atoms with van der Waals surface area (Å²) in [6, 6.07) is 2.16. The lowest BCUT2D eigenvalue weighted by Gasteiger charge is -2.26. The minimum Gasteiger partial charge on any atom is -0.323 e. The van der Waals surface area contributed by atoms with Crippen LogP contribution in [-0.4, -0.2) is 0 Å². The van der Waals surface area contributed by atoms with Crippen LogP contribution in [0.2, 0.25) is 0 Å². The van der Waals surface area contributed by atoms with E-state index in [0.717, 1.165) is 4.47 Å². The van der Waals surface area contributed by atoms with Crippen LogP contribution in [-0.2, 0) is 0 Å². The van der Waals surface area contributed by atoms with Crippen molar-refractivity contribution in [2.45, 2.75) is 26.8 Å². The highest BCUT2D eigenvalue weighted by atomic mass is 79.9. The molecule has 0 amide bonds. The number of hydrogen-bond donors (Lipinski definition) is 1. The van der Waals surface area contributed by atoms with Crippen molar-refractivity contribution in [3.05, 3.63) is 20.8 Å². The molecule has 76 valence electrons. The summed E-state index contributed by atoms with van der Waals surface area (Å²) in [5, 5.41) is 2.06. The molecule has 1 atom stereocenters. The molecule has 0 unspecified atom stereocenters. The summed E-state index contributed by atoms with van der Waals surface area (Å²) in [4.78, 5) is 1.24. The van der Waals surface area contributed by atoms with Crippen LogP contribution in [0.3, 0.4) is 0 Å². The Bertz CT molecular complexity index is 267. The van der Waals surface area contributed by atoms with Gasteiger partial charge < -0.3 is 5.73 Å². The molecule has 0 aromatic carbocycles. The number of hydrogen-bond acceptors (Lipinski definition) is 2. The predicted octanol–water partition coefficient (Wildman–Crippen LogP) is 3.98. The molecule has 1 heterocycles. The molecule has 0 fully saturated rings. The van der Waals surface area contributed by atoms with Gasteiger partial charge in [-0.1, -0.05) is 20.8 Å². The number of rotatable bonds is 1. The lowest BCUT2D eigenvalue weighted by atomic mass is 9.87. The third kappa shape index (κ3) is 3.24. The van der Waals surface area contributed by atoms with Crippen molar-refractivity contribution in [1.82, 2.24) is 0 Å². The molecule has 0 aliphatic heterocycles. The van der Waals surface area contributed by atoms with Gasteiger partial charge in [0.2, 0.25) is 0 Å². The Morgan fingerprint density at radius 1 is 1.46 bits per heavy atom. The van der Waals surface area contributed by atoms with Gasteiger partial charge in [-0.2, -0.15) is 0 Å². The van der Waals surface area contributed by atoms with E-state index in [0.29, 0.717) is 0 Å². The molecule has 13 heavy (non-hydrogen) atoms. The fraction of sp³-hybridized carbons (Fsp3) is 0.556. The summed E-state index contributed by atoms with van der Waals surface area (Å²) in [6.45, 7) is 6.47. The smallest absolute Gasteiger partial charge is 0.0450 e. The highest BCUT2D eigenvalue weighted by Gasteiger charge is 2.24. The molecular formula is C9H15BrClNS. The second kappa shape index (κ2) is 4.78. The van der Waals surface area contributed by atoms with Crippen molar-refractivity contribution in [1.29, 1.82) is 0 Å². The van der Waals surface area contributed by atoms with Crippen LogP contribution >= 0.6 is 39.7 Å².